The Morgan fingerprint density at radius 3 is 2.22 bits per heavy atom. The summed E-state index contributed by atoms with van der Waals surface area (Å²) in [4.78, 5) is 19.8. The molecule has 0 saturated carbocycles. The summed E-state index contributed by atoms with van der Waals surface area (Å²) in [7, 11) is 1.68. The van der Waals surface area contributed by atoms with E-state index in [1.54, 1.807) is 20.0 Å². The van der Waals surface area contributed by atoms with Crippen LogP contribution in [0.5, 0.6) is 0 Å². The molecule has 0 unspecified atom stereocenters. The van der Waals surface area contributed by atoms with Crippen molar-refractivity contribution >= 4 is 17.6 Å². The van der Waals surface area contributed by atoms with Gasteiger partial charge in [-0.2, -0.15) is 0 Å². The molecule has 0 aliphatic heterocycles. The smallest absolute Gasteiger partial charge is 0.251 e. The second-order valence-corrected chi connectivity index (χ2v) is 3.51. The number of aliphatic imine (C=N–C) groups is 2. The van der Waals surface area contributed by atoms with E-state index in [-0.39, 0.29) is 5.91 Å². The standard InChI is InChI=1S/C12H21N3O.C2H6/c1-6-8-11(14-10(4)13-5)15-12(16)9(3)7-2;1-2/h7H,6,8H2,1-5H3,(H,13,14,15,16);1-2H3/b9-7-;. The highest BCUT2D eigenvalue weighted by Gasteiger charge is 2.06. The molecule has 0 atom stereocenters. The molecule has 0 aliphatic rings. The van der Waals surface area contributed by atoms with E-state index >= 15 is 0 Å². The third-order valence-corrected chi connectivity index (χ3v) is 2.16. The summed E-state index contributed by atoms with van der Waals surface area (Å²) in [5.41, 5.74) is 0.690. The number of hydrogen-bond acceptors (Lipinski definition) is 2. The van der Waals surface area contributed by atoms with Gasteiger partial charge in [0, 0.05) is 19.0 Å². The minimum atomic E-state index is -0.0985. The number of carbonyl (C=O) groups excluding carboxylic acids is 1. The van der Waals surface area contributed by atoms with E-state index in [4.69, 9.17) is 0 Å². The van der Waals surface area contributed by atoms with Gasteiger partial charge >= 0.3 is 0 Å². The first-order valence-corrected chi connectivity index (χ1v) is 6.50. The first kappa shape index (κ1) is 18.9. The molecule has 0 aromatic carbocycles. The van der Waals surface area contributed by atoms with Crippen LogP contribution in [-0.4, -0.2) is 24.6 Å². The highest BCUT2D eigenvalue weighted by Crippen LogP contribution is 1.96. The lowest BCUT2D eigenvalue weighted by Crippen LogP contribution is -2.31. The maximum Gasteiger partial charge on any atom is 0.251 e. The molecule has 18 heavy (non-hydrogen) atoms. The van der Waals surface area contributed by atoms with E-state index in [0.717, 1.165) is 12.8 Å². The lowest BCUT2D eigenvalue weighted by molar-refractivity contribution is -0.116. The quantitative estimate of drug-likeness (QED) is 0.468. The van der Waals surface area contributed by atoms with Gasteiger partial charge in [-0.1, -0.05) is 26.8 Å². The number of nitrogens with one attached hydrogen (secondary N) is 1. The summed E-state index contributed by atoms with van der Waals surface area (Å²) < 4.78 is 0. The van der Waals surface area contributed by atoms with Crippen LogP contribution in [0.4, 0.5) is 0 Å². The third-order valence-electron chi connectivity index (χ3n) is 2.16. The Morgan fingerprint density at radius 2 is 1.83 bits per heavy atom. The molecule has 0 aromatic heterocycles. The van der Waals surface area contributed by atoms with Crippen LogP contribution in [0.1, 0.15) is 54.4 Å². The zero-order valence-electron chi connectivity index (χ0n) is 12.8. The molecule has 4 heteroatoms. The van der Waals surface area contributed by atoms with Crippen LogP contribution in [0.3, 0.4) is 0 Å². The maximum absolute atomic E-state index is 11.6. The van der Waals surface area contributed by atoms with Crippen molar-refractivity contribution in [1.82, 2.24) is 5.32 Å². The second kappa shape index (κ2) is 12.0. The molecule has 104 valence electrons. The third kappa shape index (κ3) is 8.67. The number of amides is 1. The molecule has 0 rings (SSSR count). The van der Waals surface area contributed by atoms with Gasteiger partial charge in [0.25, 0.3) is 5.91 Å². The average Bonchev–Trinajstić information content (AvgIpc) is 2.39. The summed E-state index contributed by atoms with van der Waals surface area (Å²) in [6.07, 6.45) is 3.46. The number of carbonyl (C=O) groups is 1. The molecule has 0 radical (unpaired) electrons. The minimum absolute atomic E-state index is 0.0985. The number of amidine groups is 2. The Kier molecular flexibility index (Phi) is 12.6. The molecule has 0 spiro atoms. The van der Waals surface area contributed by atoms with Crippen LogP contribution in [0.25, 0.3) is 0 Å². The average molecular weight is 253 g/mol. The van der Waals surface area contributed by atoms with Crippen molar-refractivity contribution in [3.63, 3.8) is 0 Å². The second-order valence-electron chi connectivity index (χ2n) is 3.51. The van der Waals surface area contributed by atoms with Gasteiger partial charge in [-0.15, -0.1) is 0 Å². The van der Waals surface area contributed by atoms with Gasteiger partial charge < -0.3 is 5.32 Å². The summed E-state index contributed by atoms with van der Waals surface area (Å²) in [6.45, 7) is 11.5. The molecule has 0 fully saturated rings. The SMILES string of the molecule is C/C=C(/C)C(=O)NC(CCC)=NC(C)=NC.CC. The van der Waals surface area contributed by atoms with E-state index in [0.29, 0.717) is 17.2 Å². The Bertz CT molecular complexity index is 328. The van der Waals surface area contributed by atoms with E-state index in [1.807, 2.05) is 34.6 Å². The van der Waals surface area contributed by atoms with Gasteiger partial charge in [0.05, 0.1) is 0 Å². The Balaban J connectivity index is 0. The van der Waals surface area contributed by atoms with E-state index in [1.165, 1.54) is 0 Å². The highest BCUT2D eigenvalue weighted by molar-refractivity contribution is 6.08. The largest absolute Gasteiger partial charge is 0.310 e. The number of allylic oxidation sites excluding steroid dienone is 1. The Labute approximate surface area is 111 Å². The van der Waals surface area contributed by atoms with Crippen molar-refractivity contribution in [2.24, 2.45) is 9.98 Å². The fourth-order valence-electron chi connectivity index (χ4n) is 0.989. The molecule has 0 saturated heterocycles. The van der Waals surface area contributed by atoms with Crippen molar-refractivity contribution < 1.29 is 4.79 Å². The molecule has 0 heterocycles. The van der Waals surface area contributed by atoms with Gasteiger partial charge in [-0.05, 0) is 27.2 Å². The van der Waals surface area contributed by atoms with Crippen LogP contribution in [0.2, 0.25) is 0 Å². The van der Waals surface area contributed by atoms with Crippen molar-refractivity contribution in [1.29, 1.82) is 0 Å². The number of rotatable bonds is 3. The molecule has 4 nitrogen and oxygen atoms in total. The van der Waals surface area contributed by atoms with Gasteiger partial charge in [-0.25, -0.2) is 4.99 Å². The van der Waals surface area contributed by atoms with E-state index in [9.17, 15) is 4.79 Å². The lowest BCUT2D eigenvalue weighted by Gasteiger charge is -2.07. The monoisotopic (exact) mass is 253 g/mol. The van der Waals surface area contributed by atoms with E-state index < -0.39 is 0 Å². The molecule has 1 N–H and O–H groups in total. The summed E-state index contributed by atoms with van der Waals surface area (Å²) in [5.74, 6) is 1.25. The predicted molar refractivity (Wildman–Crippen MR) is 80.3 cm³/mol. The summed E-state index contributed by atoms with van der Waals surface area (Å²) >= 11 is 0. The van der Waals surface area contributed by atoms with Crippen molar-refractivity contribution in [3.8, 4) is 0 Å². The van der Waals surface area contributed by atoms with Crippen LogP contribution < -0.4 is 5.32 Å². The lowest BCUT2D eigenvalue weighted by atomic mass is 10.2. The normalized spacial score (nSPS) is 12.7. The van der Waals surface area contributed by atoms with Crippen molar-refractivity contribution in [2.75, 3.05) is 7.05 Å². The van der Waals surface area contributed by atoms with Gasteiger partial charge in [-0.3, -0.25) is 9.79 Å². The van der Waals surface area contributed by atoms with Gasteiger partial charge in [0.15, 0.2) is 0 Å². The summed E-state index contributed by atoms with van der Waals surface area (Å²) in [6, 6.07) is 0. The fraction of sp³-hybridized carbons (Fsp3) is 0.643. The fourth-order valence-corrected chi connectivity index (χ4v) is 0.989. The van der Waals surface area contributed by atoms with Gasteiger partial charge in [0.1, 0.15) is 11.7 Å². The number of hydrogen-bond donors (Lipinski definition) is 1. The van der Waals surface area contributed by atoms with Crippen LogP contribution >= 0.6 is 0 Å². The predicted octanol–water partition coefficient (Wildman–Crippen LogP) is 3.34. The van der Waals surface area contributed by atoms with Crippen LogP contribution in [0, 0.1) is 0 Å². The topological polar surface area (TPSA) is 53.8 Å². The zero-order chi connectivity index (χ0) is 14.6. The molecule has 0 bridgehead atoms. The first-order valence-electron chi connectivity index (χ1n) is 6.50. The molecule has 1 amide bonds. The zero-order valence-corrected chi connectivity index (χ0v) is 12.8. The van der Waals surface area contributed by atoms with Crippen LogP contribution in [-0.2, 0) is 4.79 Å². The van der Waals surface area contributed by atoms with Crippen molar-refractivity contribution in [3.05, 3.63) is 11.6 Å². The van der Waals surface area contributed by atoms with Crippen LogP contribution in [0.15, 0.2) is 21.6 Å². The molecular weight excluding hydrogens is 226 g/mol. The molecular formula is C14H27N3O. The van der Waals surface area contributed by atoms with E-state index in [2.05, 4.69) is 15.3 Å². The Hall–Kier alpha value is -1.45. The maximum atomic E-state index is 11.6. The minimum Gasteiger partial charge on any atom is -0.310 e. The first-order chi connectivity index (χ1) is 8.54. The Morgan fingerprint density at radius 1 is 1.28 bits per heavy atom. The van der Waals surface area contributed by atoms with Crippen molar-refractivity contribution in [2.45, 2.75) is 54.4 Å². The van der Waals surface area contributed by atoms with Gasteiger partial charge in [0.2, 0.25) is 0 Å². The highest BCUT2D eigenvalue weighted by atomic mass is 16.1. The molecule has 0 aromatic rings. The summed E-state index contributed by atoms with van der Waals surface area (Å²) in [5, 5.41) is 2.80. The number of nitrogens with zero attached hydrogens (tertiary/aromatic N) is 2. The molecule has 0 aliphatic carbocycles.